The smallest absolute Gasteiger partial charge is 0.0365 e. The zero-order chi connectivity index (χ0) is 11.9. The van der Waals surface area contributed by atoms with Crippen molar-refractivity contribution in [3.05, 3.63) is 0 Å². The molecule has 3 aliphatic carbocycles. The molecule has 0 aliphatic heterocycles. The van der Waals surface area contributed by atoms with E-state index in [4.69, 9.17) is 5.73 Å². The summed E-state index contributed by atoms with van der Waals surface area (Å²) >= 11 is 0. The molecule has 3 aliphatic rings. The molecule has 0 radical (unpaired) electrons. The molecule has 3 atom stereocenters. The molecule has 0 aromatic carbocycles. The molecule has 17 heavy (non-hydrogen) atoms. The average Bonchev–Trinajstić information content (AvgIpc) is 3.09. The summed E-state index contributed by atoms with van der Waals surface area (Å²) in [5.74, 6) is 1.99. The third-order valence-corrected chi connectivity index (χ3v) is 5.84. The van der Waals surface area contributed by atoms with E-state index < -0.39 is 0 Å². The molecule has 0 amide bonds. The molecule has 98 valence electrons. The first-order valence-electron chi connectivity index (χ1n) is 7.78. The molecule has 3 fully saturated rings. The fourth-order valence-electron chi connectivity index (χ4n) is 4.90. The van der Waals surface area contributed by atoms with Crippen LogP contribution < -0.4 is 5.73 Å². The Balaban J connectivity index is 1.78. The van der Waals surface area contributed by atoms with Crippen LogP contribution in [0.15, 0.2) is 0 Å². The molecule has 2 heteroatoms. The van der Waals surface area contributed by atoms with Crippen molar-refractivity contribution in [2.45, 2.75) is 69.9 Å². The van der Waals surface area contributed by atoms with E-state index in [1.807, 2.05) is 0 Å². The van der Waals surface area contributed by atoms with E-state index in [-0.39, 0.29) is 0 Å². The summed E-state index contributed by atoms with van der Waals surface area (Å²) in [6.07, 6.45) is 11.5. The van der Waals surface area contributed by atoms with E-state index in [1.165, 1.54) is 57.9 Å². The van der Waals surface area contributed by atoms with Gasteiger partial charge in [-0.2, -0.15) is 0 Å². The molecule has 3 saturated carbocycles. The van der Waals surface area contributed by atoms with Crippen LogP contribution in [0.1, 0.15) is 58.3 Å². The quantitative estimate of drug-likeness (QED) is 0.813. The topological polar surface area (TPSA) is 29.3 Å². The van der Waals surface area contributed by atoms with E-state index in [0.29, 0.717) is 5.54 Å². The lowest BCUT2D eigenvalue weighted by Crippen LogP contribution is -2.58. The number of nitrogens with zero attached hydrogens (tertiary/aromatic N) is 1. The van der Waals surface area contributed by atoms with Gasteiger partial charge in [0, 0.05) is 18.1 Å². The lowest BCUT2D eigenvalue weighted by molar-refractivity contribution is 0.0240. The van der Waals surface area contributed by atoms with Gasteiger partial charge in [0.25, 0.3) is 0 Å². The molecule has 0 spiro atoms. The summed E-state index contributed by atoms with van der Waals surface area (Å²) in [5.41, 5.74) is 6.63. The molecular formula is C15H28N2. The van der Waals surface area contributed by atoms with Crippen LogP contribution in [0.2, 0.25) is 0 Å². The second kappa shape index (κ2) is 4.55. The van der Waals surface area contributed by atoms with Crippen LogP contribution in [0.5, 0.6) is 0 Å². The second-order valence-corrected chi connectivity index (χ2v) is 6.53. The van der Waals surface area contributed by atoms with Crippen molar-refractivity contribution >= 4 is 0 Å². The Morgan fingerprint density at radius 2 is 1.94 bits per heavy atom. The lowest BCUT2D eigenvalue weighted by Gasteiger charge is -2.47. The second-order valence-electron chi connectivity index (χ2n) is 6.53. The minimum atomic E-state index is 0.404. The van der Waals surface area contributed by atoms with Gasteiger partial charge in [-0.1, -0.05) is 26.2 Å². The van der Waals surface area contributed by atoms with Gasteiger partial charge < -0.3 is 5.73 Å². The van der Waals surface area contributed by atoms with Crippen molar-refractivity contribution in [1.29, 1.82) is 0 Å². The molecule has 0 heterocycles. The van der Waals surface area contributed by atoms with Gasteiger partial charge in [-0.15, -0.1) is 0 Å². The highest BCUT2D eigenvalue weighted by Crippen LogP contribution is 2.60. The van der Waals surface area contributed by atoms with Crippen LogP contribution in [0, 0.1) is 11.8 Å². The average molecular weight is 236 g/mol. The Morgan fingerprint density at radius 1 is 1.18 bits per heavy atom. The first-order chi connectivity index (χ1) is 8.31. The highest BCUT2D eigenvalue weighted by atomic mass is 15.3. The van der Waals surface area contributed by atoms with E-state index >= 15 is 0 Å². The monoisotopic (exact) mass is 236 g/mol. The molecule has 2 N–H and O–H groups in total. The lowest BCUT2D eigenvalue weighted by atomic mass is 9.85. The van der Waals surface area contributed by atoms with Crippen molar-refractivity contribution in [3.63, 3.8) is 0 Å². The summed E-state index contributed by atoms with van der Waals surface area (Å²) in [6, 6.07) is 0.844. The van der Waals surface area contributed by atoms with E-state index in [9.17, 15) is 0 Å². The normalized spacial score (nSPS) is 41.8. The highest BCUT2D eigenvalue weighted by Gasteiger charge is 2.60. The third-order valence-electron chi connectivity index (χ3n) is 5.84. The van der Waals surface area contributed by atoms with Gasteiger partial charge in [0.1, 0.15) is 0 Å². The molecule has 2 nitrogen and oxygen atoms in total. The number of fused-ring (bicyclic) bond motifs is 1. The molecule has 0 bridgehead atoms. The summed E-state index contributed by atoms with van der Waals surface area (Å²) in [6.45, 7) is 4.46. The Kier molecular flexibility index (Phi) is 3.20. The van der Waals surface area contributed by atoms with Gasteiger partial charge in [-0.25, -0.2) is 0 Å². The zero-order valence-corrected chi connectivity index (χ0v) is 11.3. The third kappa shape index (κ3) is 1.84. The van der Waals surface area contributed by atoms with Crippen LogP contribution in [0.3, 0.4) is 0 Å². The van der Waals surface area contributed by atoms with Crippen LogP contribution in [0.4, 0.5) is 0 Å². The first kappa shape index (κ1) is 12.0. The van der Waals surface area contributed by atoms with Gasteiger partial charge >= 0.3 is 0 Å². The Labute approximate surface area is 106 Å². The molecule has 3 unspecified atom stereocenters. The molecule has 0 aromatic rings. The fourth-order valence-corrected chi connectivity index (χ4v) is 4.90. The number of nitrogens with two attached hydrogens (primary N) is 1. The SMILES string of the molecule is CCN(C1CCCCC1)C1(CN)CCC2CC21. The van der Waals surface area contributed by atoms with Gasteiger partial charge in [-0.3, -0.25) is 4.90 Å². The highest BCUT2D eigenvalue weighted by molar-refractivity contribution is 5.14. The summed E-state index contributed by atoms with van der Waals surface area (Å²) in [4.78, 5) is 2.84. The molecule has 3 rings (SSSR count). The predicted octanol–water partition coefficient (Wildman–Crippen LogP) is 2.77. The predicted molar refractivity (Wildman–Crippen MR) is 71.9 cm³/mol. The van der Waals surface area contributed by atoms with Crippen LogP contribution in [0.25, 0.3) is 0 Å². The van der Waals surface area contributed by atoms with Crippen molar-refractivity contribution in [2.75, 3.05) is 13.1 Å². The van der Waals surface area contributed by atoms with Crippen molar-refractivity contribution in [3.8, 4) is 0 Å². The van der Waals surface area contributed by atoms with Crippen molar-refractivity contribution in [2.24, 2.45) is 17.6 Å². The zero-order valence-electron chi connectivity index (χ0n) is 11.3. The minimum Gasteiger partial charge on any atom is -0.329 e. The molecule has 0 saturated heterocycles. The van der Waals surface area contributed by atoms with E-state index in [1.54, 1.807) is 0 Å². The van der Waals surface area contributed by atoms with Gasteiger partial charge in [0.05, 0.1) is 0 Å². The maximum Gasteiger partial charge on any atom is 0.0365 e. The standard InChI is InChI=1S/C15H28N2/c1-2-17(13-6-4-3-5-7-13)15(11-16)9-8-12-10-14(12)15/h12-14H,2-11,16H2,1H3. The van der Waals surface area contributed by atoms with Gasteiger partial charge in [0.2, 0.25) is 0 Å². The molecular weight excluding hydrogens is 208 g/mol. The van der Waals surface area contributed by atoms with Gasteiger partial charge in [-0.05, 0) is 50.5 Å². The van der Waals surface area contributed by atoms with Crippen molar-refractivity contribution < 1.29 is 0 Å². The summed E-state index contributed by atoms with van der Waals surface area (Å²) < 4.78 is 0. The fraction of sp³-hybridized carbons (Fsp3) is 1.00. The number of rotatable bonds is 4. The summed E-state index contributed by atoms with van der Waals surface area (Å²) in [7, 11) is 0. The Bertz CT molecular complexity index is 272. The maximum atomic E-state index is 6.23. The number of likely N-dealkylation sites (N-methyl/N-ethyl adjacent to an activating group) is 1. The van der Waals surface area contributed by atoms with Crippen LogP contribution in [-0.4, -0.2) is 29.6 Å². The molecule has 0 aromatic heterocycles. The first-order valence-corrected chi connectivity index (χ1v) is 7.78. The largest absolute Gasteiger partial charge is 0.329 e. The number of hydrogen-bond acceptors (Lipinski definition) is 2. The van der Waals surface area contributed by atoms with Gasteiger partial charge in [0.15, 0.2) is 0 Å². The van der Waals surface area contributed by atoms with Crippen LogP contribution in [-0.2, 0) is 0 Å². The maximum absolute atomic E-state index is 6.23. The summed E-state index contributed by atoms with van der Waals surface area (Å²) in [5, 5.41) is 0. The minimum absolute atomic E-state index is 0.404. The Morgan fingerprint density at radius 3 is 2.41 bits per heavy atom. The Hall–Kier alpha value is -0.0800. The number of hydrogen-bond donors (Lipinski definition) is 1. The van der Waals surface area contributed by atoms with Crippen LogP contribution >= 0.6 is 0 Å². The van der Waals surface area contributed by atoms with E-state index in [2.05, 4.69) is 11.8 Å². The van der Waals surface area contributed by atoms with E-state index in [0.717, 1.165) is 24.4 Å². The van der Waals surface area contributed by atoms with Crippen molar-refractivity contribution in [1.82, 2.24) is 4.90 Å².